The van der Waals surface area contributed by atoms with Crippen LogP contribution in [0.4, 0.5) is 0 Å². The Bertz CT molecular complexity index is 264. The third-order valence-corrected chi connectivity index (χ3v) is 2.38. The molecule has 0 aliphatic heterocycles. The lowest BCUT2D eigenvalue weighted by Gasteiger charge is -2.25. The number of aliphatic hydroxyl groups excluding tert-OH is 1. The lowest BCUT2D eigenvalue weighted by molar-refractivity contribution is -0.353. The number of aliphatic hydroxyl groups is 2. The van der Waals surface area contributed by atoms with Crippen LogP contribution in [0.25, 0.3) is 0 Å². The highest BCUT2D eigenvalue weighted by Gasteiger charge is 2.32. The third-order valence-electron chi connectivity index (χ3n) is 2.38. The quantitative estimate of drug-likeness (QED) is 0.271. The van der Waals surface area contributed by atoms with E-state index in [1.54, 1.807) is 0 Å². The Labute approximate surface area is 108 Å². The number of esters is 1. The van der Waals surface area contributed by atoms with Gasteiger partial charge in [-0.3, -0.25) is 0 Å². The number of hydrogen-bond donors (Lipinski definition) is 2. The van der Waals surface area contributed by atoms with Crippen LogP contribution >= 0.6 is 0 Å². The van der Waals surface area contributed by atoms with Crippen molar-refractivity contribution in [2.75, 3.05) is 13.2 Å². The van der Waals surface area contributed by atoms with E-state index in [2.05, 4.69) is 18.2 Å². The summed E-state index contributed by atoms with van der Waals surface area (Å²) >= 11 is 0. The smallest absolute Gasteiger partial charge is 0.351 e. The Kier molecular flexibility index (Phi) is 8.62. The van der Waals surface area contributed by atoms with Crippen LogP contribution < -0.4 is 0 Å². The second kappa shape index (κ2) is 9.08. The summed E-state index contributed by atoms with van der Waals surface area (Å²) in [5.74, 6) is -3.06. The minimum absolute atomic E-state index is 0.133. The van der Waals surface area contributed by atoms with Gasteiger partial charge in [0.05, 0.1) is 6.61 Å². The average Bonchev–Trinajstić information content (AvgIpc) is 2.33. The molecule has 18 heavy (non-hydrogen) atoms. The third kappa shape index (κ3) is 7.42. The first kappa shape index (κ1) is 17.1. The van der Waals surface area contributed by atoms with Gasteiger partial charge in [-0.05, 0) is 13.3 Å². The normalized spacial score (nSPS) is 14.0. The second-order valence-corrected chi connectivity index (χ2v) is 4.30. The molecule has 5 nitrogen and oxygen atoms in total. The molecule has 1 atom stereocenters. The molecule has 106 valence electrons. The molecule has 0 rings (SSSR count). The summed E-state index contributed by atoms with van der Waals surface area (Å²) in [6.07, 6.45) is 5.13. The summed E-state index contributed by atoms with van der Waals surface area (Å²) in [4.78, 5) is 11.2. The first-order valence-corrected chi connectivity index (χ1v) is 6.31. The Balaban J connectivity index is 3.93. The zero-order chi connectivity index (χ0) is 14.0. The molecular weight excluding hydrogens is 236 g/mol. The van der Waals surface area contributed by atoms with Crippen LogP contribution in [-0.2, 0) is 14.3 Å². The van der Waals surface area contributed by atoms with E-state index in [1.165, 1.54) is 6.92 Å². The fourth-order valence-corrected chi connectivity index (χ4v) is 1.28. The van der Waals surface area contributed by atoms with Crippen LogP contribution in [0.15, 0.2) is 12.2 Å². The zero-order valence-corrected chi connectivity index (χ0v) is 11.3. The summed E-state index contributed by atoms with van der Waals surface area (Å²) in [5.41, 5.74) is 0.133. The Morgan fingerprint density at radius 3 is 2.39 bits per heavy atom. The lowest BCUT2D eigenvalue weighted by atomic mass is 10.2. The van der Waals surface area contributed by atoms with Gasteiger partial charge in [-0.25, -0.2) is 4.79 Å². The number of ether oxygens (including phenoxy) is 2. The van der Waals surface area contributed by atoms with Crippen molar-refractivity contribution in [2.45, 2.75) is 51.9 Å². The van der Waals surface area contributed by atoms with E-state index in [1.807, 2.05) is 0 Å². The van der Waals surface area contributed by atoms with Gasteiger partial charge in [0.1, 0.15) is 6.61 Å². The van der Waals surface area contributed by atoms with Crippen molar-refractivity contribution in [3.8, 4) is 0 Å². The van der Waals surface area contributed by atoms with Gasteiger partial charge in [0.25, 0.3) is 0 Å². The van der Waals surface area contributed by atoms with Crippen LogP contribution in [0.3, 0.4) is 0 Å². The van der Waals surface area contributed by atoms with E-state index in [4.69, 9.17) is 9.84 Å². The van der Waals surface area contributed by atoms with E-state index in [9.17, 15) is 9.90 Å². The molecule has 0 heterocycles. The van der Waals surface area contributed by atoms with Crippen LogP contribution in [0.5, 0.6) is 0 Å². The number of rotatable bonds is 10. The maximum absolute atomic E-state index is 11.2. The van der Waals surface area contributed by atoms with Gasteiger partial charge in [-0.15, -0.1) is 0 Å². The average molecular weight is 260 g/mol. The molecule has 0 aromatic carbocycles. The molecule has 0 aliphatic rings. The molecule has 2 N–H and O–H groups in total. The molecule has 5 heteroatoms. The van der Waals surface area contributed by atoms with Gasteiger partial charge >= 0.3 is 11.9 Å². The molecule has 0 aromatic rings. The molecule has 0 aliphatic carbocycles. The monoisotopic (exact) mass is 260 g/mol. The Hall–Kier alpha value is -0.910. The summed E-state index contributed by atoms with van der Waals surface area (Å²) in [7, 11) is 0. The predicted octanol–water partition coefficient (Wildman–Crippen LogP) is 1.73. The minimum atomic E-state index is -2.26. The molecule has 0 amide bonds. The fourth-order valence-electron chi connectivity index (χ4n) is 1.28. The summed E-state index contributed by atoms with van der Waals surface area (Å²) < 4.78 is 9.62. The van der Waals surface area contributed by atoms with Gasteiger partial charge in [-0.2, -0.15) is 0 Å². The van der Waals surface area contributed by atoms with Crippen LogP contribution in [0, 0.1) is 0 Å². The molecule has 0 bridgehead atoms. The summed E-state index contributed by atoms with van der Waals surface area (Å²) in [6, 6.07) is 0. The Morgan fingerprint density at radius 2 is 1.89 bits per heavy atom. The first-order valence-electron chi connectivity index (χ1n) is 6.31. The van der Waals surface area contributed by atoms with Crippen molar-refractivity contribution in [1.82, 2.24) is 0 Å². The molecule has 0 saturated heterocycles. The molecule has 0 saturated carbocycles. The predicted molar refractivity (Wildman–Crippen MR) is 67.7 cm³/mol. The van der Waals surface area contributed by atoms with E-state index in [0.29, 0.717) is 0 Å². The second-order valence-electron chi connectivity index (χ2n) is 4.30. The number of hydrogen-bond acceptors (Lipinski definition) is 5. The molecule has 0 radical (unpaired) electrons. The maximum Gasteiger partial charge on any atom is 0.351 e. The molecule has 0 aromatic heterocycles. The van der Waals surface area contributed by atoms with Crippen LogP contribution in [-0.4, -0.2) is 35.4 Å². The number of carbonyl (C=O) groups excluding carboxylic acids is 1. The number of carbonyl (C=O) groups is 1. The van der Waals surface area contributed by atoms with Crippen molar-refractivity contribution in [3.63, 3.8) is 0 Å². The standard InChI is InChI=1S/C13H24O5/c1-4-5-6-7-8-9-17-13(16,10-14)18-12(15)11(2)3/h14,16H,2,4-10H2,1,3H3. The van der Waals surface area contributed by atoms with Crippen molar-refractivity contribution < 1.29 is 24.5 Å². The van der Waals surface area contributed by atoms with E-state index < -0.39 is 18.5 Å². The summed E-state index contributed by atoms with van der Waals surface area (Å²) in [5, 5.41) is 18.7. The highest BCUT2D eigenvalue weighted by molar-refractivity contribution is 5.87. The molecule has 1 unspecified atom stereocenters. The lowest BCUT2D eigenvalue weighted by Crippen LogP contribution is -2.42. The van der Waals surface area contributed by atoms with Gasteiger partial charge in [0.15, 0.2) is 0 Å². The SMILES string of the molecule is C=C(C)C(=O)OC(O)(CO)OCCCCCCC. The number of unbranched alkanes of at least 4 members (excludes halogenated alkanes) is 4. The Morgan fingerprint density at radius 1 is 1.28 bits per heavy atom. The molecular formula is C13H24O5. The highest BCUT2D eigenvalue weighted by atomic mass is 16.8. The van der Waals surface area contributed by atoms with Crippen molar-refractivity contribution in [2.24, 2.45) is 0 Å². The van der Waals surface area contributed by atoms with Gasteiger partial charge < -0.3 is 19.7 Å². The van der Waals surface area contributed by atoms with E-state index >= 15 is 0 Å². The zero-order valence-electron chi connectivity index (χ0n) is 11.3. The topological polar surface area (TPSA) is 76.0 Å². The largest absolute Gasteiger partial charge is 0.402 e. The van der Waals surface area contributed by atoms with E-state index in [-0.39, 0.29) is 12.2 Å². The highest BCUT2D eigenvalue weighted by Crippen LogP contribution is 2.13. The van der Waals surface area contributed by atoms with Gasteiger partial charge in [0.2, 0.25) is 0 Å². The molecule has 0 fully saturated rings. The van der Waals surface area contributed by atoms with Gasteiger partial charge in [-0.1, -0.05) is 39.2 Å². The molecule has 0 spiro atoms. The van der Waals surface area contributed by atoms with Crippen molar-refractivity contribution >= 4 is 5.97 Å². The van der Waals surface area contributed by atoms with Crippen LogP contribution in [0.1, 0.15) is 46.0 Å². The minimum Gasteiger partial charge on any atom is -0.402 e. The first-order chi connectivity index (χ1) is 8.45. The van der Waals surface area contributed by atoms with E-state index in [0.717, 1.165) is 32.1 Å². The van der Waals surface area contributed by atoms with Gasteiger partial charge in [0, 0.05) is 5.57 Å². The fraction of sp³-hybridized carbons (Fsp3) is 0.769. The maximum atomic E-state index is 11.2. The summed E-state index contributed by atoms with van der Waals surface area (Å²) in [6.45, 7) is 6.38. The van der Waals surface area contributed by atoms with Crippen molar-refractivity contribution in [3.05, 3.63) is 12.2 Å². The van der Waals surface area contributed by atoms with Crippen LogP contribution in [0.2, 0.25) is 0 Å². The van der Waals surface area contributed by atoms with Crippen molar-refractivity contribution in [1.29, 1.82) is 0 Å².